The van der Waals surface area contributed by atoms with E-state index < -0.39 is 0 Å². The van der Waals surface area contributed by atoms with Crippen molar-refractivity contribution in [3.8, 4) is 0 Å². The predicted molar refractivity (Wildman–Crippen MR) is 240 cm³/mol. The van der Waals surface area contributed by atoms with Gasteiger partial charge >= 0.3 is 5.97 Å². The van der Waals surface area contributed by atoms with E-state index in [1.165, 1.54) is 180 Å². The van der Waals surface area contributed by atoms with E-state index in [1.807, 2.05) is 0 Å². The lowest BCUT2D eigenvalue weighted by atomic mass is 9.95. The summed E-state index contributed by atoms with van der Waals surface area (Å²) in [7, 11) is 4.28. The summed E-state index contributed by atoms with van der Waals surface area (Å²) in [5.74, 6) is 1.03. The van der Waals surface area contributed by atoms with Crippen LogP contribution < -0.4 is 0 Å². The van der Waals surface area contributed by atoms with Crippen molar-refractivity contribution in [1.82, 2.24) is 9.80 Å². The van der Waals surface area contributed by atoms with Crippen LogP contribution in [0.4, 0.5) is 0 Å². The minimum absolute atomic E-state index is 0.00592. The van der Waals surface area contributed by atoms with Gasteiger partial charge in [0.25, 0.3) is 0 Å². The quantitative estimate of drug-likeness (QED) is 0.0460. The highest BCUT2D eigenvalue weighted by molar-refractivity contribution is 5.76. The van der Waals surface area contributed by atoms with Gasteiger partial charge in [0.05, 0.1) is 6.61 Å². The molecule has 0 fully saturated rings. The summed E-state index contributed by atoms with van der Waals surface area (Å²) in [6.45, 7) is 16.1. The smallest absolute Gasteiger partial charge is 0.305 e. The number of unbranched alkanes of at least 4 members (excludes halogenated alkanes) is 21. The summed E-state index contributed by atoms with van der Waals surface area (Å²) in [4.78, 5) is 29.6. The number of carbonyl (C=O) groups excluding carboxylic acids is 2. The number of hydrogen-bond acceptors (Lipinski definition) is 4. The summed E-state index contributed by atoms with van der Waals surface area (Å²) >= 11 is 0. The lowest BCUT2D eigenvalue weighted by molar-refractivity contribution is -0.145. The van der Waals surface area contributed by atoms with Crippen LogP contribution in [0.2, 0.25) is 0 Å². The summed E-state index contributed by atoms with van der Waals surface area (Å²) in [6.07, 6.45) is 42.0. The molecule has 0 aliphatic heterocycles. The first-order chi connectivity index (χ1) is 26.3. The van der Waals surface area contributed by atoms with Crippen molar-refractivity contribution in [3.05, 3.63) is 0 Å². The Labute approximate surface area is 340 Å². The van der Waals surface area contributed by atoms with Crippen LogP contribution in [0.3, 0.4) is 0 Å². The molecule has 54 heavy (non-hydrogen) atoms. The third kappa shape index (κ3) is 39.1. The van der Waals surface area contributed by atoms with Gasteiger partial charge in [0, 0.05) is 25.4 Å². The van der Waals surface area contributed by atoms with Gasteiger partial charge < -0.3 is 14.5 Å². The summed E-state index contributed by atoms with van der Waals surface area (Å²) in [5, 5.41) is 0. The fourth-order valence-electron chi connectivity index (χ4n) is 7.50. The molecule has 5 nitrogen and oxygen atoms in total. The molecule has 0 N–H and O–H groups in total. The minimum Gasteiger partial charge on any atom is -0.465 e. The Morgan fingerprint density at radius 1 is 0.426 bits per heavy atom. The largest absolute Gasteiger partial charge is 0.465 e. The zero-order chi connectivity index (χ0) is 40.3. The summed E-state index contributed by atoms with van der Waals surface area (Å²) < 4.78 is 5.50. The van der Waals surface area contributed by atoms with Gasteiger partial charge in [-0.25, -0.2) is 0 Å². The van der Waals surface area contributed by atoms with Crippen LogP contribution in [0.1, 0.15) is 260 Å². The number of hydrogen-bond donors (Lipinski definition) is 0. The molecule has 0 aromatic heterocycles. The normalized spacial score (nSPS) is 12.4. The Kier molecular flexibility index (Phi) is 45.4. The number of rotatable bonds is 40. The third-order valence-electron chi connectivity index (χ3n) is 11.2. The van der Waals surface area contributed by atoms with Crippen molar-refractivity contribution >= 4 is 11.9 Å². The lowest BCUT2D eigenvalue weighted by Gasteiger charge is -2.33. The fourth-order valence-corrected chi connectivity index (χ4v) is 7.50. The first-order valence-corrected chi connectivity index (χ1v) is 24.4. The topological polar surface area (TPSA) is 49.9 Å². The van der Waals surface area contributed by atoms with Gasteiger partial charge in [0.2, 0.25) is 5.91 Å². The Morgan fingerprint density at radius 3 is 1.26 bits per heavy atom. The van der Waals surface area contributed by atoms with E-state index in [1.54, 1.807) is 0 Å². The van der Waals surface area contributed by atoms with Gasteiger partial charge in [-0.3, -0.25) is 9.59 Å². The van der Waals surface area contributed by atoms with Crippen molar-refractivity contribution in [2.45, 2.75) is 266 Å². The minimum atomic E-state index is 0.00592. The van der Waals surface area contributed by atoms with E-state index in [0.29, 0.717) is 30.9 Å². The summed E-state index contributed by atoms with van der Waals surface area (Å²) in [6, 6.07) is 0.466. The Bertz CT molecular complexity index is 757. The van der Waals surface area contributed by atoms with Gasteiger partial charge in [-0.15, -0.1) is 0 Å². The Morgan fingerprint density at radius 2 is 0.815 bits per heavy atom. The molecule has 2 unspecified atom stereocenters. The number of amides is 1. The van der Waals surface area contributed by atoms with E-state index in [0.717, 1.165) is 45.2 Å². The highest BCUT2D eigenvalue weighted by Crippen LogP contribution is 2.22. The Hall–Kier alpha value is -1.10. The van der Waals surface area contributed by atoms with Crippen molar-refractivity contribution < 1.29 is 14.3 Å². The van der Waals surface area contributed by atoms with E-state index >= 15 is 0 Å². The second kappa shape index (κ2) is 44.6. The second-order valence-corrected chi connectivity index (χ2v) is 17.0. The molecule has 0 aliphatic rings. The molecule has 0 radical (unpaired) electrons. The van der Waals surface area contributed by atoms with Crippen LogP contribution in [0.5, 0.6) is 0 Å². The first-order valence-electron chi connectivity index (χ1n) is 24.4. The SMILES string of the molecule is CCCCCCCC(CCCCCC)COC(=O)CCCC.CCCCCCCCC(=O)N(CCCN(C)C)C(CCCCCC)CCCCCCCC. The molecule has 0 aliphatic carbocycles. The molecular formula is C49H100N2O3. The van der Waals surface area contributed by atoms with E-state index in [2.05, 4.69) is 65.4 Å². The number of esters is 1. The van der Waals surface area contributed by atoms with Gasteiger partial charge in [0.15, 0.2) is 0 Å². The molecule has 0 bridgehead atoms. The van der Waals surface area contributed by atoms with Crippen LogP contribution in [-0.2, 0) is 14.3 Å². The molecule has 0 aromatic carbocycles. The highest BCUT2D eigenvalue weighted by Gasteiger charge is 2.23. The first kappa shape index (κ1) is 55.0. The van der Waals surface area contributed by atoms with Gasteiger partial charge in [-0.2, -0.15) is 0 Å². The predicted octanol–water partition coefficient (Wildman–Crippen LogP) is 15.3. The lowest BCUT2D eigenvalue weighted by Crippen LogP contribution is -2.41. The van der Waals surface area contributed by atoms with Crippen LogP contribution in [0.25, 0.3) is 0 Å². The molecule has 1 amide bonds. The van der Waals surface area contributed by atoms with Gasteiger partial charge in [-0.05, 0) is 71.5 Å². The molecule has 0 rings (SSSR count). The van der Waals surface area contributed by atoms with Crippen LogP contribution in [0, 0.1) is 5.92 Å². The average Bonchev–Trinajstić information content (AvgIpc) is 3.16. The Balaban J connectivity index is 0. The number of ether oxygens (including phenoxy) is 1. The van der Waals surface area contributed by atoms with Crippen molar-refractivity contribution in [3.63, 3.8) is 0 Å². The molecule has 0 saturated heterocycles. The molecule has 0 aromatic rings. The zero-order valence-corrected chi connectivity index (χ0v) is 38.4. The van der Waals surface area contributed by atoms with Gasteiger partial charge in [0.1, 0.15) is 0 Å². The molecule has 0 heterocycles. The standard InChI is InChI=1S/C29H60N2O.C20H40O2/c1-6-9-12-15-17-20-24-28(23-19-14-11-8-3)31(27-22-26-30(4)5)29(32)25-21-18-16-13-10-7-2;1-4-7-10-12-14-16-19(15-13-11-8-5-2)18-22-20(21)17-9-6-3/h28H,6-27H2,1-5H3;19H,4-18H2,1-3H3. The third-order valence-corrected chi connectivity index (χ3v) is 11.2. The highest BCUT2D eigenvalue weighted by atomic mass is 16.5. The maximum atomic E-state index is 13.3. The fraction of sp³-hybridized carbons (Fsp3) is 0.959. The second-order valence-electron chi connectivity index (χ2n) is 17.0. The van der Waals surface area contributed by atoms with Gasteiger partial charge in [-0.1, -0.05) is 202 Å². The van der Waals surface area contributed by atoms with Crippen molar-refractivity contribution in [2.75, 3.05) is 33.8 Å². The summed E-state index contributed by atoms with van der Waals surface area (Å²) in [5.41, 5.74) is 0. The molecule has 5 heteroatoms. The molecule has 0 spiro atoms. The van der Waals surface area contributed by atoms with Crippen LogP contribution in [0.15, 0.2) is 0 Å². The maximum absolute atomic E-state index is 13.3. The van der Waals surface area contributed by atoms with E-state index in [4.69, 9.17) is 4.74 Å². The van der Waals surface area contributed by atoms with Crippen molar-refractivity contribution in [1.29, 1.82) is 0 Å². The number of nitrogens with zero attached hydrogens (tertiary/aromatic N) is 2. The van der Waals surface area contributed by atoms with E-state index in [9.17, 15) is 9.59 Å². The van der Waals surface area contributed by atoms with Crippen LogP contribution >= 0.6 is 0 Å². The maximum Gasteiger partial charge on any atom is 0.305 e. The average molecular weight is 765 g/mol. The number of carbonyl (C=O) groups is 2. The van der Waals surface area contributed by atoms with E-state index in [-0.39, 0.29) is 5.97 Å². The van der Waals surface area contributed by atoms with Crippen LogP contribution in [-0.4, -0.2) is 61.5 Å². The molecule has 324 valence electrons. The van der Waals surface area contributed by atoms with Crippen molar-refractivity contribution in [2.24, 2.45) is 5.92 Å². The molecule has 0 saturated carbocycles. The zero-order valence-electron chi connectivity index (χ0n) is 38.4. The molecular weight excluding hydrogens is 665 g/mol. The monoisotopic (exact) mass is 765 g/mol. The molecule has 2 atom stereocenters.